The van der Waals surface area contributed by atoms with E-state index in [9.17, 15) is 4.79 Å². The van der Waals surface area contributed by atoms with Crippen LogP contribution >= 0.6 is 0 Å². The molecule has 4 nitrogen and oxygen atoms in total. The summed E-state index contributed by atoms with van der Waals surface area (Å²) >= 11 is 0. The van der Waals surface area contributed by atoms with Gasteiger partial charge in [0.15, 0.2) is 0 Å². The molecule has 112 valence electrons. The molecule has 3 N–H and O–H groups in total. The quantitative estimate of drug-likeness (QED) is 0.822. The molecule has 4 heteroatoms. The molecule has 3 atom stereocenters. The van der Waals surface area contributed by atoms with Crippen LogP contribution in [0, 0.1) is 10.8 Å². The molecule has 1 aliphatic carbocycles. The third kappa shape index (κ3) is 2.79. The highest BCUT2D eigenvalue weighted by molar-refractivity contribution is 5.89. The van der Waals surface area contributed by atoms with Crippen LogP contribution in [-0.2, 0) is 9.53 Å². The van der Waals surface area contributed by atoms with E-state index in [4.69, 9.17) is 10.5 Å². The average molecular weight is 270 g/mol. The smallest absolute Gasteiger partial charge is 0.241 e. The van der Waals surface area contributed by atoms with Crippen molar-refractivity contribution < 1.29 is 9.53 Å². The molecule has 0 aromatic carbocycles. The summed E-state index contributed by atoms with van der Waals surface area (Å²) in [5.74, 6) is -0.0594. The number of nitrogens with one attached hydrogen (secondary N) is 1. The number of carbonyl (C=O) groups excluding carboxylic acids is 1. The van der Waals surface area contributed by atoms with E-state index in [1.165, 1.54) is 0 Å². The standard InChI is InChI=1S/C15H30N2O2/c1-8-19-11-9-15(16,14(11,6)7)12(18)17-10(2)13(3,4)5/h10-11H,8-9,16H2,1-7H3,(H,17,18). The predicted molar refractivity (Wildman–Crippen MR) is 77.8 cm³/mol. The Morgan fingerprint density at radius 1 is 1.47 bits per heavy atom. The van der Waals surface area contributed by atoms with E-state index in [0.717, 1.165) is 0 Å². The summed E-state index contributed by atoms with van der Waals surface area (Å²) < 4.78 is 5.65. The lowest BCUT2D eigenvalue weighted by atomic mass is 9.54. The largest absolute Gasteiger partial charge is 0.378 e. The molecule has 19 heavy (non-hydrogen) atoms. The molecule has 3 unspecified atom stereocenters. The van der Waals surface area contributed by atoms with E-state index in [1.807, 2.05) is 27.7 Å². The Balaban J connectivity index is 2.73. The van der Waals surface area contributed by atoms with Gasteiger partial charge in [0.25, 0.3) is 0 Å². The van der Waals surface area contributed by atoms with Crippen LogP contribution in [0.4, 0.5) is 0 Å². The van der Waals surface area contributed by atoms with E-state index in [2.05, 4.69) is 26.1 Å². The Kier molecular flexibility index (Phi) is 4.38. The van der Waals surface area contributed by atoms with E-state index >= 15 is 0 Å². The van der Waals surface area contributed by atoms with Gasteiger partial charge in [-0.2, -0.15) is 0 Å². The monoisotopic (exact) mass is 270 g/mol. The second kappa shape index (κ2) is 5.06. The summed E-state index contributed by atoms with van der Waals surface area (Å²) in [4.78, 5) is 12.5. The molecule has 1 saturated carbocycles. The fourth-order valence-electron chi connectivity index (χ4n) is 2.36. The van der Waals surface area contributed by atoms with Gasteiger partial charge in [-0.3, -0.25) is 4.79 Å². The number of rotatable bonds is 4. The van der Waals surface area contributed by atoms with Gasteiger partial charge in [0, 0.05) is 24.5 Å². The Labute approximate surface area is 117 Å². The van der Waals surface area contributed by atoms with Gasteiger partial charge in [0.2, 0.25) is 5.91 Å². The second-order valence-electron chi connectivity index (χ2n) is 7.40. The van der Waals surface area contributed by atoms with Crippen molar-refractivity contribution in [3.05, 3.63) is 0 Å². The average Bonchev–Trinajstić information content (AvgIpc) is 2.26. The Hall–Kier alpha value is -0.610. The van der Waals surface area contributed by atoms with Gasteiger partial charge in [-0.15, -0.1) is 0 Å². The van der Waals surface area contributed by atoms with Crippen LogP contribution in [0.2, 0.25) is 0 Å². The summed E-state index contributed by atoms with van der Waals surface area (Å²) in [6.07, 6.45) is 0.662. The molecule has 1 amide bonds. The van der Waals surface area contributed by atoms with Crippen molar-refractivity contribution in [3.63, 3.8) is 0 Å². The fourth-order valence-corrected chi connectivity index (χ4v) is 2.36. The lowest BCUT2D eigenvalue weighted by molar-refractivity contribution is -0.171. The first-order valence-electron chi connectivity index (χ1n) is 7.18. The van der Waals surface area contributed by atoms with Gasteiger partial charge in [0.05, 0.1) is 6.10 Å². The van der Waals surface area contributed by atoms with E-state index in [1.54, 1.807) is 0 Å². The number of amides is 1. The summed E-state index contributed by atoms with van der Waals surface area (Å²) in [5.41, 5.74) is 5.22. The van der Waals surface area contributed by atoms with Gasteiger partial charge >= 0.3 is 0 Å². The Morgan fingerprint density at radius 3 is 2.37 bits per heavy atom. The third-order valence-electron chi connectivity index (χ3n) is 4.88. The van der Waals surface area contributed by atoms with Crippen LogP contribution in [0.15, 0.2) is 0 Å². The van der Waals surface area contributed by atoms with Crippen LogP contribution in [-0.4, -0.2) is 30.2 Å². The first-order chi connectivity index (χ1) is 8.46. The van der Waals surface area contributed by atoms with Gasteiger partial charge in [-0.1, -0.05) is 34.6 Å². The van der Waals surface area contributed by atoms with Crippen LogP contribution in [0.25, 0.3) is 0 Å². The number of carbonyl (C=O) groups is 1. The molecule has 0 saturated heterocycles. The molecule has 1 fully saturated rings. The van der Waals surface area contributed by atoms with Gasteiger partial charge < -0.3 is 15.8 Å². The van der Waals surface area contributed by atoms with Gasteiger partial charge in [0.1, 0.15) is 5.54 Å². The SMILES string of the molecule is CCOC1CC(N)(C(=O)NC(C)C(C)(C)C)C1(C)C. The Morgan fingerprint density at radius 2 is 2.00 bits per heavy atom. The van der Waals surface area contributed by atoms with Crippen molar-refractivity contribution in [1.29, 1.82) is 0 Å². The van der Waals surface area contributed by atoms with Crippen molar-refractivity contribution in [2.45, 2.75) is 72.6 Å². The maximum absolute atomic E-state index is 12.5. The zero-order valence-corrected chi connectivity index (χ0v) is 13.5. The minimum Gasteiger partial charge on any atom is -0.378 e. The minimum atomic E-state index is -0.827. The maximum atomic E-state index is 12.5. The number of nitrogens with two attached hydrogens (primary N) is 1. The first kappa shape index (κ1) is 16.4. The topological polar surface area (TPSA) is 64.3 Å². The van der Waals surface area contributed by atoms with Crippen LogP contribution in [0.5, 0.6) is 0 Å². The van der Waals surface area contributed by atoms with Gasteiger partial charge in [-0.05, 0) is 19.3 Å². The van der Waals surface area contributed by atoms with Crippen LogP contribution in [0.1, 0.15) is 54.9 Å². The number of hydrogen-bond donors (Lipinski definition) is 2. The third-order valence-corrected chi connectivity index (χ3v) is 4.88. The van der Waals surface area contributed by atoms with E-state index in [0.29, 0.717) is 13.0 Å². The molecule has 1 rings (SSSR count). The molecule has 0 radical (unpaired) electrons. The lowest BCUT2D eigenvalue weighted by Gasteiger charge is -2.58. The predicted octanol–water partition coefficient (Wildman–Crippen LogP) is 2.07. The number of ether oxygens (including phenoxy) is 1. The summed E-state index contributed by atoms with van der Waals surface area (Å²) in [7, 11) is 0. The molecule has 0 bridgehead atoms. The molecular formula is C15H30N2O2. The van der Waals surface area contributed by atoms with Gasteiger partial charge in [-0.25, -0.2) is 0 Å². The van der Waals surface area contributed by atoms with Crippen molar-refractivity contribution >= 4 is 5.91 Å². The van der Waals surface area contributed by atoms with Crippen molar-refractivity contribution in [2.24, 2.45) is 16.6 Å². The molecule has 0 aromatic rings. The van der Waals surface area contributed by atoms with E-state index < -0.39 is 5.54 Å². The maximum Gasteiger partial charge on any atom is 0.241 e. The first-order valence-corrected chi connectivity index (χ1v) is 7.18. The molecule has 0 aliphatic heterocycles. The van der Waals surface area contributed by atoms with E-state index in [-0.39, 0.29) is 28.9 Å². The summed E-state index contributed by atoms with van der Waals surface area (Å²) in [5, 5.41) is 3.06. The van der Waals surface area contributed by atoms with Crippen molar-refractivity contribution in [2.75, 3.05) is 6.61 Å². The highest BCUT2D eigenvalue weighted by Gasteiger charge is 2.63. The zero-order chi connectivity index (χ0) is 15.1. The Bertz CT molecular complexity index is 347. The highest BCUT2D eigenvalue weighted by atomic mass is 16.5. The molecule has 0 aromatic heterocycles. The molecular weight excluding hydrogens is 240 g/mol. The summed E-state index contributed by atoms with van der Waals surface area (Å²) in [6, 6.07) is 0.0855. The highest BCUT2D eigenvalue weighted by Crippen LogP contribution is 2.50. The zero-order valence-electron chi connectivity index (χ0n) is 13.5. The fraction of sp³-hybridized carbons (Fsp3) is 0.933. The second-order valence-corrected chi connectivity index (χ2v) is 7.40. The minimum absolute atomic E-state index is 0.0270. The van der Waals surface area contributed by atoms with Crippen molar-refractivity contribution in [3.8, 4) is 0 Å². The van der Waals surface area contributed by atoms with Crippen LogP contribution < -0.4 is 11.1 Å². The lowest BCUT2D eigenvalue weighted by Crippen LogP contribution is -2.76. The van der Waals surface area contributed by atoms with Crippen LogP contribution in [0.3, 0.4) is 0 Å². The summed E-state index contributed by atoms with van der Waals surface area (Å²) in [6.45, 7) is 15.0. The normalized spacial score (nSPS) is 31.5. The molecule has 0 heterocycles. The number of hydrogen-bond acceptors (Lipinski definition) is 3. The molecule has 0 spiro atoms. The van der Waals surface area contributed by atoms with Crippen molar-refractivity contribution in [1.82, 2.24) is 5.32 Å². The molecule has 1 aliphatic rings.